The molecule has 0 bridgehead atoms. The Labute approximate surface area is 213 Å². The van der Waals surface area contributed by atoms with Gasteiger partial charge in [-0.05, 0) is 58.9 Å². The maximum Gasteiger partial charge on any atom is 0.235 e. The Morgan fingerprint density at radius 2 is 1.84 bits per heavy atom. The van der Waals surface area contributed by atoms with Crippen LogP contribution in [0.25, 0.3) is 0 Å². The van der Waals surface area contributed by atoms with Crippen LogP contribution < -0.4 is 5.73 Å². The second kappa shape index (κ2) is 9.38. The van der Waals surface area contributed by atoms with E-state index in [-0.39, 0.29) is 36.1 Å². The lowest BCUT2D eigenvalue weighted by molar-refractivity contribution is -0.181. The van der Waals surface area contributed by atoms with Crippen molar-refractivity contribution in [1.82, 2.24) is 9.80 Å². The van der Waals surface area contributed by atoms with Crippen LogP contribution in [-0.4, -0.2) is 88.4 Å². The summed E-state index contributed by atoms with van der Waals surface area (Å²) >= 11 is 0. The molecule has 4 rings (SSSR count). The molecule has 0 saturated heterocycles. The van der Waals surface area contributed by atoms with Gasteiger partial charge in [-0.3, -0.25) is 28.9 Å². The maximum absolute atomic E-state index is 15.6. The molecule has 37 heavy (non-hydrogen) atoms. The van der Waals surface area contributed by atoms with Crippen molar-refractivity contribution in [2.75, 3.05) is 27.7 Å². The third-order valence-electron chi connectivity index (χ3n) is 8.12. The van der Waals surface area contributed by atoms with Crippen molar-refractivity contribution in [3.8, 4) is 5.75 Å². The number of phenolic OH excluding ortho intramolecular Hbond substituents is 1. The number of phenols is 1. The van der Waals surface area contributed by atoms with Gasteiger partial charge in [-0.25, -0.2) is 4.39 Å². The van der Waals surface area contributed by atoms with Gasteiger partial charge in [0.05, 0.1) is 17.5 Å². The summed E-state index contributed by atoms with van der Waals surface area (Å²) in [6.45, 7) is 2.87. The van der Waals surface area contributed by atoms with Crippen LogP contribution in [0.1, 0.15) is 41.3 Å². The zero-order valence-corrected chi connectivity index (χ0v) is 21.3. The lowest BCUT2D eigenvalue weighted by Crippen LogP contribution is -2.74. The Hall–Kier alpha value is -3.02. The molecule has 0 radical (unpaired) electrons. The molecular weight excluding hydrogens is 485 g/mol. The van der Waals surface area contributed by atoms with Gasteiger partial charge < -0.3 is 20.8 Å². The molecule has 0 heterocycles. The Balaban J connectivity index is 1.81. The molecule has 1 aromatic carbocycles. The summed E-state index contributed by atoms with van der Waals surface area (Å²) in [5.41, 5.74) is 2.34. The fourth-order valence-corrected chi connectivity index (χ4v) is 6.57. The lowest BCUT2D eigenvalue weighted by Gasteiger charge is -2.52. The highest BCUT2D eigenvalue weighted by Gasteiger charge is 2.69. The summed E-state index contributed by atoms with van der Waals surface area (Å²) in [7, 11) is 4.82. The number of carbonyl (C=O) groups excluding carboxylic acids is 5. The second-order valence-corrected chi connectivity index (χ2v) is 10.7. The molecule has 10 nitrogen and oxygen atoms in total. The number of nitrogens with two attached hydrogens (primary N) is 1. The fourth-order valence-electron chi connectivity index (χ4n) is 6.57. The number of Topliss-reactive ketones (excluding diaryl/α,β-unsaturated/α-hetero) is 4. The average Bonchev–Trinajstić information content (AvgIpc) is 2.79. The van der Waals surface area contributed by atoms with Crippen LogP contribution in [0, 0.1) is 29.5 Å². The second-order valence-electron chi connectivity index (χ2n) is 10.7. The van der Waals surface area contributed by atoms with Crippen LogP contribution in [0.5, 0.6) is 5.75 Å². The molecule has 11 heteroatoms. The highest BCUT2D eigenvalue weighted by atomic mass is 19.1. The smallest absolute Gasteiger partial charge is 0.235 e. The van der Waals surface area contributed by atoms with Crippen LogP contribution in [0.3, 0.4) is 0 Å². The number of carbonyl (C=O) groups is 5. The number of hydrogen-bond acceptors (Lipinski definition) is 9. The van der Waals surface area contributed by atoms with Crippen molar-refractivity contribution < 1.29 is 38.6 Å². The maximum atomic E-state index is 15.6. The first-order valence-corrected chi connectivity index (χ1v) is 12.3. The number of ketones is 4. The first-order valence-electron chi connectivity index (χ1n) is 12.3. The van der Waals surface area contributed by atoms with E-state index in [4.69, 9.17) is 5.73 Å². The Morgan fingerprint density at radius 1 is 1.19 bits per heavy atom. The van der Waals surface area contributed by atoms with Crippen LogP contribution in [0.4, 0.5) is 4.39 Å². The fraction of sp³-hybridized carbons (Fsp3) is 0.577. The number of fused-ring (bicyclic) bond motifs is 3. The van der Waals surface area contributed by atoms with E-state index in [1.807, 2.05) is 11.8 Å². The molecule has 0 aliphatic heterocycles. The van der Waals surface area contributed by atoms with Gasteiger partial charge in [-0.1, -0.05) is 6.92 Å². The molecule has 6 atom stereocenters. The van der Waals surface area contributed by atoms with E-state index in [2.05, 4.69) is 0 Å². The molecule has 2 fully saturated rings. The lowest BCUT2D eigenvalue weighted by atomic mass is 9.52. The molecule has 200 valence electrons. The largest absolute Gasteiger partial charge is 0.507 e. The van der Waals surface area contributed by atoms with E-state index in [9.17, 15) is 34.2 Å². The number of aromatic hydroxyl groups is 1. The van der Waals surface area contributed by atoms with Gasteiger partial charge in [0.15, 0.2) is 34.7 Å². The first kappa shape index (κ1) is 27.0. The van der Waals surface area contributed by atoms with Gasteiger partial charge >= 0.3 is 0 Å². The van der Waals surface area contributed by atoms with Crippen LogP contribution >= 0.6 is 0 Å². The predicted molar refractivity (Wildman–Crippen MR) is 128 cm³/mol. The van der Waals surface area contributed by atoms with Crippen molar-refractivity contribution in [2.24, 2.45) is 29.4 Å². The zero-order chi connectivity index (χ0) is 27.6. The number of halogens is 1. The van der Waals surface area contributed by atoms with Crippen molar-refractivity contribution in [3.05, 3.63) is 28.6 Å². The molecule has 0 spiro atoms. The van der Waals surface area contributed by atoms with Crippen LogP contribution in [0.2, 0.25) is 0 Å². The molecule has 0 aromatic heterocycles. The van der Waals surface area contributed by atoms with E-state index in [0.29, 0.717) is 6.54 Å². The van der Waals surface area contributed by atoms with E-state index < -0.39 is 75.9 Å². The minimum Gasteiger partial charge on any atom is -0.507 e. The van der Waals surface area contributed by atoms with E-state index in [1.165, 1.54) is 25.1 Å². The Morgan fingerprint density at radius 3 is 2.41 bits per heavy atom. The number of benzene rings is 1. The number of primary amides is 1. The van der Waals surface area contributed by atoms with E-state index in [1.54, 1.807) is 7.05 Å². The van der Waals surface area contributed by atoms with Crippen LogP contribution in [-0.2, 0) is 32.1 Å². The molecule has 2 saturated carbocycles. The number of nitrogens with zero attached hydrogens (tertiary/aromatic N) is 2. The van der Waals surface area contributed by atoms with Crippen molar-refractivity contribution >= 4 is 29.0 Å². The number of likely N-dealkylation sites (N-methyl/N-ethyl adjacent to an activating group) is 1. The van der Waals surface area contributed by atoms with Crippen molar-refractivity contribution in [1.29, 1.82) is 0 Å². The summed E-state index contributed by atoms with van der Waals surface area (Å²) in [6, 6.07) is -0.0344. The topological polar surface area (TPSA) is 158 Å². The van der Waals surface area contributed by atoms with E-state index >= 15 is 4.39 Å². The predicted octanol–water partition coefficient (Wildman–Crippen LogP) is -0.152. The van der Waals surface area contributed by atoms with Gasteiger partial charge in [0.1, 0.15) is 11.6 Å². The molecule has 1 amide bonds. The van der Waals surface area contributed by atoms with Crippen LogP contribution in [0.15, 0.2) is 6.07 Å². The van der Waals surface area contributed by atoms with Gasteiger partial charge in [0.2, 0.25) is 5.91 Å². The number of hydrogen-bond donors (Lipinski definition) is 3. The normalized spacial score (nSPS) is 31.4. The quantitative estimate of drug-likeness (QED) is 0.436. The minimum absolute atomic E-state index is 0.0192. The molecule has 3 aliphatic carbocycles. The zero-order valence-electron chi connectivity index (χ0n) is 21.3. The Kier molecular flexibility index (Phi) is 6.85. The Bertz CT molecular complexity index is 1220. The third kappa shape index (κ3) is 3.91. The van der Waals surface area contributed by atoms with Gasteiger partial charge in [0.25, 0.3) is 0 Å². The molecule has 4 N–H and O–H groups in total. The first-order chi connectivity index (χ1) is 17.3. The SMILES string of the molecule is CCCN(C)Cc1cc(O)c2c(c1F)C[C@H]1C[C@H]3[C@H](N(C)C)C(=O)C(C(N)=O)C(=O)[C@@]3(O)C(=O)C1C2=O. The monoisotopic (exact) mass is 517 g/mol. The standard InChI is InChI=1S/C26H32FN3O7/c1-5-6-30(4)10-12-9-15(31)17-13(19(12)27)7-11-8-14-20(29(2)3)22(33)18(25(28)36)24(35)26(14,37)23(34)16(11)21(17)32/h9,11,14,16,18,20,31,37H,5-8,10H2,1-4H3,(H2,28,36)/t11-,14-,16?,18?,20-,26-/m0/s1. The number of aliphatic hydroxyl groups is 1. The summed E-state index contributed by atoms with van der Waals surface area (Å²) in [5, 5.41) is 22.2. The molecule has 2 unspecified atom stereocenters. The summed E-state index contributed by atoms with van der Waals surface area (Å²) < 4.78 is 15.6. The van der Waals surface area contributed by atoms with Gasteiger partial charge in [0, 0.05) is 23.6 Å². The summed E-state index contributed by atoms with van der Waals surface area (Å²) in [5.74, 6) is -12.3. The minimum atomic E-state index is -2.80. The highest BCUT2D eigenvalue weighted by molar-refractivity contribution is 6.32. The average molecular weight is 518 g/mol. The van der Waals surface area contributed by atoms with Gasteiger partial charge in [-0.15, -0.1) is 0 Å². The number of amides is 1. The van der Waals surface area contributed by atoms with Crippen molar-refractivity contribution in [3.63, 3.8) is 0 Å². The summed E-state index contributed by atoms with van der Waals surface area (Å²) in [4.78, 5) is 68.9. The third-order valence-corrected chi connectivity index (χ3v) is 8.12. The highest BCUT2D eigenvalue weighted by Crippen LogP contribution is 2.51. The van der Waals surface area contributed by atoms with E-state index in [0.717, 1.165) is 6.42 Å². The summed E-state index contributed by atoms with van der Waals surface area (Å²) in [6.07, 6.45) is 0.616. The number of rotatable bonds is 6. The molecule has 1 aromatic rings. The molecule has 3 aliphatic rings. The van der Waals surface area contributed by atoms with Gasteiger partial charge in [-0.2, -0.15) is 0 Å². The van der Waals surface area contributed by atoms with Crippen molar-refractivity contribution in [2.45, 2.75) is 44.4 Å². The molecular formula is C26H32FN3O7.